The number of halogens is 2. The highest BCUT2D eigenvalue weighted by atomic mass is 79.9. The summed E-state index contributed by atoms with van der Waals surface area (Å²) in [4.78, 5) is 0. The van der Waals surface area contributed by atoms with Crippen LogP contribution < -0.4 is 4.72 Å². The highest BCUT2D eigenvalue weighted by molar-refractivity contribution is 9.10. The number of nitrogens with zero attached hydrogens (tertiary/aromatic N) is 3. The van der Waals surface area contributed by atoms with Crippen LogP contribution in [0.3, 0.4) is 0 Å². The van der Waals surface area contributed by atoms with Crippen molar-refractivity contribution >= 4 is 41.9 Å². The van der Waals surface area contributed by atoms with Crippen molar-refractivity contribution in [1.29, 1.82) is 0 Å². The first-order valence-corrected chi connectivity index (χ1v) is 8.44. The number of rotatable bonds is 7. The Labute approximate surface area is 123 Å². The number of ether oxygens (including phenoxy) is 1. The van der Waals surface area contributed by atoms with E-state index in [4.69, 9.17) is 4.74 Å². The van der Waals surface area contributed by atoms with Crippen LogP contribution in [0.25, 0.3) is 0 Å². The third-order valence-electron chi connectivity index (χ3n) is 2.17. The standard InChI is InChI=1S/C8H14Br2N4O3S/c1-14-8(7(10)11-13-14)18(15,16)12-6(5-9)3-4-17-2/h6,12H,3-5H2,1-2H3. The van der Waals surface area contributed by atoms with E-state index in [1.165, 1.54) is 11.7 Å². The van der Waals surface area contributed by atoms with Gasteiger partial charge in [-0.25, -0.2) is 17.8 Å². The number of hydrogen-bond donors (Lipinski definition) is 1. The third-order valence-corrected chi connectivity index (χ3v) is 5.36. The molecule has 0 radical (unpaired) electrons. The Hall–Kier alpha value is -0.0300. The SMILES string of the molecule is COCCC(CBr)NS(=O)(=O)c1c(Br)nnn1C. The number of sulfonamides is 1. The van der Waals surface area contributed by atoms with Gasteiger partial charge in [0.1, 0.15) is 0 Å². The predicted molar refractivity (Wildman–Crippen MR) is 73.1 cm³/mol. The van der Waals surface area contributed by atoms with E-state index in [0.29, 0.717) is 18.4 Å². The minimum absolute atomic E-state index is 0.00543. The van der Waals surface area contributed by atoms with Crippen molar-refractivity contribution in [1.82, 2.24) is 19.7 Å². The molecule has 0 saturated heterocycles. The fourth-order valence-corrected chi connectivity index (χ4v) is 4.38. The number of nitrogens with one attached hydrogen (secondary N) is 1. The van der Waals surface area contributed by atoms with Gasteiger partial charge in [0, 0.05) is 32.1 Å². The lowest BCUT2D eigenvalue weighted by atomic mass is 10.3. The van der Waals surface area contributed by atoms with Crippen molar-refractivity contribution in [2.24, 2.45) is 7.05 Å². The van der Waals surface area contributed by atoms with E-state index in [0.717, 1.165) is 0 Å². The van der Waals surface area contributed by atoms with E-state index in [1.807, 2.05) is 0 Å². The van der Waals surface area contributed by atoms with Gasteiger partial charge in [-0.05, 0) is 22.4 Å². The van der Waals surface area contributed by atoms with Gasteiger partial charge in [-0.15, -0.1) is 5.10 Å². The van der Waals surface area contributed by atoms with Crippen molar-refractivity contribution in [3.63, 3.8) is 0 Å². The zero-order valence-electron chi connectivity index (χ0n) is 9.93. The number of aromatic nitrogens is 3. The normalized spacial score (nSPS) is 13.8. The summed E-state index contributed by atoms with van der Waals surface area (Å²) < 4.78 is 33.2. The van der Waals surface area contributed by atoms with E-state index in [9.17, 15) is 8.42 Å². The second kappa shape index (κ2) is 6.94. The second-order valence-electron chi connectivity index (χ2n) is 3.56. The number of methoxy groups -OCH3 is 1. The van der Waals surface area contributed by atoms with Crippen LogP contribution in [-0.4, -0.2) is 48.5 Å². The molecule has 1 N–H and O–H groups in total. The molecular formula is C8H14Br2N4O3S. The summed E-state index contributed by atoms with van der Waals surface area (Å²) >= 11 is 6.33. The fourth-order valence-electron chi connectivity index (χ4n) is 1.31. The zero-order chi connectivity index (χ0) is 13.8. The van der Waals surface area contributed by atoms with Gasteiger partial charge >= 0.3 is 0 Å². The molecule has 0 aliphatic rings. The maximum Gasteiger partial charge on any atom is 0.260 e. The van der Waals surface area contributed by atoms with Crippen LogP contribution >= 0.6 is 31.9 Å². The van der Waals surface area contributed by atoms with Crippen LogP contribution in [0.4, 0.5) is 0 Å². The molecule has 1 aromatic heterocycles. The molecule has 1 rings (SSSR count). The van der Waals surface area contributed by atoms with Gasteiger partial charge < -0.3 is 4.74 Å². The largest absolute Gasteiger partial charge is 0.385 e. The molecule has 0 fully saturated rings. The van der Waals surface area contributed by atoms with Crippen molar-refractivity contribution < 1.29 is 13.2 Å². The Bertz CT molecular complexity index is 471. The van der Waals surface area contributed by atoms with E-state index < -0.39 is 10.0 Å². The summed E-state index contributed by atoms with van der Waals surface area (Å²) in [6, 6.07) is -0.253. The van der Waals surface area contributed by atoms with Crippen LogP contribution in [0.2, 0.25) is 0 Å². The van der Waals surface area contributed by atoms with E-state index >= 15 is 0 Å². The highest BCUT2D eigenvalue weighted by Gasteiger charge is 2.26. The molecule has 1 aromatic rings. The Balaban J connectivity index is 2.87. The molecule has 0 saturated carbocycles. The maximum absolute atomic E-state index is 12.2. The summed E-state index contributed by atoms with van der Waals surface area (Å²) in [5.41, 5.74) is 0. The Morgan fingerprint density at radius 3 is 2.67 bits per heavy atom. The monoisotopic (exact) mass is 404 g/mol. The summed E-state index contributed by atoms with van der Waals surface area (Å²) in [5, 5.41) is 7.80. The summed E-state index contributed by atoms with van der Waals surface area (Å²) in [7, 11) is -0.575. The molecule has 104 valence electrons. The average molecular weight is 406 g/mol. The second-order valence-corrected chi connectivity index (χ2v) is 6.59. The molecule has 0 bridgehead atoms. The van der Waals surface area contributed by atoms with E-state index in [-0.39, 0.29) is 15.7 Å². The van der Waals surface area contributed by atoms with Gasteiger partial charge in [-0.2, -0.15) is 0 Å². The quantitative estimate of drug-likeness (QED) is 0.673. The van der Waals surface area contributed by atoms with Gasteiger partial charge in [0.15, 0.2) is 4.60 Å². The van der Waals surface area contributed by atoms with Gasteiger partial charge in [0.05, 0.1) is 0 Å². The van der Waals surface area contributed by atoms with Crippen LogP contribution in [0.15, 0.2) is 9.63 Å². The Morgan fingerprint density at radius 1 is 1.56 bits per heavy atom. The molecule has 18 heavy (non-hydrogen) atoms. The first kappa shape index (κ1) is 16.0. The lowest BCUT2D eigenvalue weighted by Crippen LogP contribution is -2.37. The first-order valence-electron chi connectivity index (χ1n) is 5.04. The average Bonchev–Trinajstić information content (AvgIpc) is 2.64. The Morgan fingerprint density at radius 2 is 2.22 bits per heavy atom. The molecule has 0 amide bonds. The smallest absolute Gasteiger partial charge is 0.260 e. The first-order chi connectivity index (χ1) is 8.42. The number of aryl methyl sites for hydroxylation is 1. The zero-order valence-corrected chi connectivity index (χ0v) is 13.9. The summed E-state index contributed by atoms with van der Waals surface area (Å²) in [5.74, 6) is 0. The minimum atomic E-state index is -3.66. The molecule has 1 atom stereocenters. The molecule has 10 heteroatoms. The van der Waals surface area contributed by atoms with Crippen LogP contribution in [-0.2, 0) is 21.8 Å². The predicted octanol–water partition coefficient (Wildman–Crippen LogP) is 0.656. The number of hydrogen-bond acceptors (Lipinski definition) is 5. The molecule has 0 aromatic carbocycles. The fraction of sp³-hybridized carbons (Fsp3) is 0.750. The van der Waals surface area contributed by atoms with E-state index in [1.54, 1.807) is 7.11 Å². The minimum Gasteiger partial charge on any atom is -0.385 e. The molecule has 1 heterocycles. The van der Waals surface area contributed by atoms with Crippen molar-refractivity contribution in [2.75, 3.05) is 19.0 Å². The Kier molecular flexibility index (Phi) is 6.18. The molecule has 0 aliphatic carbocycles. The summed E-state index contributed by atoms with van der Waals surface area (Å²) in [6.45, 7) is 0.476. The van der Waals surface area contributed by atoms with Crippen molar-refractivity contribution in [3.8, 4) is 0 Å². The summed E-state index contributed by atoms with van der Waals surface area (Å²) in [6.07, 6.45) is 0.573. The lowest BCUT2D eigenvalue weighted by Gasteiger charge is -2.15. The maximum atomic E-state index is 12.2. The van der Waals surface area contributed by atoms with Gasteiger partial charge in [0.2, 0.25) is 5.03 Å². The highest BCUT2D eigenvalue weighted by Crippen LogP contribution is 2.18. The molecule has 0 spiro atoms. The van der Waals surface area contributed by atoms with Crippen LogP contribution in [0.5, 0.6) is 0 Å². The van der Waals surface area contributed by atoms with Crippen LogP contribution in [0.1, 0.15) is 6.42 Å². The van der Waals surface area contributed by atoms with Gasteiger partial charge in [-0.3, -0.25) is 0 Å². The molecule has 7 nitrogen and oxygen atoms in total. The van der Waals surface area contributed by atoms with Crippen molar-refractivity contribution in [2.45, 2.75) is 17.5 Å². The van der Waals surface area contributed by atoms with E-state index in [2.05, 4.69) is 46.9 Å². The molecule has 0 aliphatic heterocycles. The van der Waals surface area contributed by atoms with Gasteiger partial charge in [-0.1, -0.05) is 21.1 Å². The molecular weight excluding hydrogens is 392 g/mol. The number of alkyl halides is 1. The van der Waals surface area contributed by atoms with Gasteiger partial charge in [0.25, 0.3) is 10.0 Å². The topological polar surface area (TPSA) is 86.1 Å². The third kappa shape index (κ3) is 3.98. The lowest BCUT2D eigenvalue weighted by molar-refractivity contribution is 0.188. The van der Waals surface area contributed by atoms with Crippen molar-refractivity contribution in [3.05, 3.63) is 4.60 Å². The molecule has 1 unspecified atom stereocenters. The van der Waals surface area contributed by atoms with Crippen LogP contribution in [0, 0.1) is 0 Å².